The summed E-state index contributed by atoms with van der Waals surface area (Å²) in [6.07, 6.45) is 0.673. The van der Waals surface area contributed by atoms with Gasteiger partial charge in [-0.2, -0.15) is 4.31 Å². The Balaban J connectivity index is 1.89. The summed E-state index contributed by atoms with van der Waals surface area (Å²) in [6.45, 7) is 0.752. The van der Waals surface area contributed by atoms with E-state index in [0.717, 1.165) is 5.56 Å². The predicted octanol–water partition coefficient (Wildman–Crippen LogP) is 0.797. The summed E-state index contributed by atoms with van der Waals surface area (Å²) in [5.41, 5.74) is 2.13. The lowest BCUT2D eigenvalue weighted by Gasteiger charge is -2.28. The summed E-state index contributed by atoms with van der Waals surface area (Å²) in [4.78, 5) is 10.8. The zero-order chi connectivity index (χ0) is 15.7. The fourth-order valence-electron chi connectivity index (χ4n) is 2.59. The van der Waals surface area contributed by atoms with E-state index in [2.05, 4.69) is 0 Å². The van der Waals surface area contributed by atoms with Crippen LogP contribution in [0.5, 0.6) is 0 Å². The van der Waals surface area contributed by atoms with E-state index < -0.39 is 16.0 Å². The molecule has 0 atom stereocenters. The molecular weight excluding hydrogens is 302 g/mol. The predicted molar refractivity (Wildman–Crippen MR) is 78.5 cm³/mol. The number of hydrogen-bond acceptors (Lipinski definition) is 4. The highest BCUT2D eigenvalue weighted by molar-refractivity contribution is 7.89. The van der Waals surface area contributed by atoms with Crippen LogP contribution >= 0.6 is 0 Å². The normalized spacial score (nSPS) is 15.3. The second-order valence-corrected chi connectivity index (χ2v) is 7.11. The van der Waals surface area contributed by atoms with Gasteiger partial charge < -0.3 is 9.90 Å². The highest BCUT2D eigenvalue weighted by atomic mass is 32.2. The van der Waals surface area contributed by atoms with Crippen LogP contribution in [-0.2, 0) is 23.0 Å². The van der Waals surface area contributed by atoms with Crippen molar-refractivity contribution in [2.24, 2.45) is 0 Å². The monoisotopic (exact) mass is 316 g/mol. The molecule has 22 heavy (non-hydrogen) atoms. The number of carbonyl (C=O) groups excluding carboxylic acids is 1. The van der Waals surface area contributed by atoms with Crippen LogP contribution < -0.4 is 5.11 Å². The second kappa shape index (κ2) is 5.55. The first-order valence-electron chi connectivity index (χ1n) is 6.87. The molecule has 0 unspecified atom stereocenters. The Morgan fingerprint density at radius 3 is 2.27 bits per heavy atom. The number of nitrogens with zero attached hydrogens (tertiary/aromatic N) is 1. The van der Waals surface area contributed by atoms with E-state index in [9.17, 15) is 18.3 Å². The van der Waals surface area contributed by atoms with E-state index in [4.69, 9.17) is 0 Å². The largest absolute Gasteiger partial charge is 0.545 e. The molecule has 0 N–H and O–H groups in total. The Hall–Kier alpha value is -2.18. The van der Waals surface area contributed by atoms with Crippen LogP contribution in [0.4, 0.5) is 0 Å². The molecule has 0 radical (unpaired) electrons. The van der Waals surface area contributed by atoms with Crippen molar-refractivity contribution in [1.82, 2.24) is 4.31 Å². The van der Waals surface area contributed by atoms with E-state index in [0.29, 0.717) is 19.5 Å². The fraction of sp³-hybridized carbons (Fsp3) is 0.188. The maximum absolute atomic E-state index is 12.6. The van der Waals surface area contributed by atoms with Gasteiger partial charge in [0, 0.05) is 13.1 Å². The Morgan fingerprint density at radius 2 is 1.64 bits per heavy atom. The molecule has 0 spiro atoms. The van der Waals surface area contributed by atoms with Gasteiger partial charge in [0.2, 0.25) is 10.0 Å². The molecule has 2 aromatic rings. The molecule has 1 aliphatic rings. The minimum Gasteiger partial charge on any atom is -0.545 e. The lowest BCUT2D eigenvalue weighted by Crippen LogP contribution is -2.36. The molecule has 3 rings (SSSR count). The summed E-state index contributed by atoms with van der Waals surface area (Å²) in [5, 5.41) is 10.7. The molecule has 0 aromatic heterocycles. The molecule has 5 nitrogen and oxygen atoms in total. The van der Waals surface area contributed by atoms with Crippen LogP contribution in [0, 0.1) is 0 Å². The van der Waals surface area contributed by atoms with Crippen LogP contribution in [0.1, 0.15) is 21.5 Å². The molecular formula is C16H14NO4S-. The number of aromatic carboxylic acids is 1. The molecule has 6 heteroatoms. The van der Waals surface area contributed by atoms with Gasteiger partial charge >= 0.3 is 0 Å². The molecule has 0 amide bonds. The molecule has 114 valence electrons. The third kappa shape index (κ3) is 2.63. The average molecular weight is 316 g/mol. The number of sulfonamides is 1. The van der Waals surface area contributed by atoms with Crippen molar-refractivity contribution in [3.63, 3.8) is 0 Å². The highest BCUT2D eigenvalue weighted by Gasteiger charge is 2.27. The fourth-order valence-corrected chi connectivity index (χ4v) is 4.01. The smallest absolute Gasteiger partial charge is 0.243 e. The number of benzene rings is 2. The summed E-state index contributed by atoms with van der Waals surface area (Å²) < 4.78 is 26.7. The van der Waals surface area contributed by atoms with Crippen molar-refractivity contribution in [2.45, 2.75) is 17.9 Å². The van der Waals surface area contributed by atoms with Crippen molar-refractivity contribution >= 4 is 16.0 Å². The average Bonchev–Trinajstić information content (AvgIpc) is 2.54. The molecule has 0 saturated heterocycles. The standard InChI is InChI=1S/C16H15NO4S/c18-16(19)13-5-7-15(8-6-13)22(20,21)17-10-9-12-3-1-2-4-14(12)11-17/h1-8H,9-11H2,(H,18,19)/p-1. The Morgan fingerprint density at radius 1 is 1.00 bits per heavy atom. The van der Waals surface area contributed by atoms with Crippen LogP contribution in [0.2, 0.25) is 0 Å². The van der Waals surface area contributed by atoms with Crippen LogP contribution in [0.25, 0.3) is 0 Å². The van der Waals surface area contributed by atoms with E-state index in [-0.39, 0.29) is 10.5 Å². The quantitative estimate of drug-likeness (QED) is 0.839. The third-order valence-electron chi connectivity index (χ3n) is 3.82. The minimum atomic E-state index is -3.63. The van der Waals surface area contributed by atoms with Gasteiger partial charge in [0.05, 0.1) is 10.9 Å². The summed E-state index contributed by atoms with van der Waals surface area (Å²) >= 11 is 0. The number of carboxylic acids is 1. The van der Waals surface area contributed by atoms with Crippen molar-refractivity contribution in [3.05, 3.63) is 65.2 Å². The highest BCUT2D eigenvalue weighted by Crippen LogP contribution is 2.24. The lowest BCUT2D eigenvalue weighted by molar-refractivity contribution is -0.255. The summed E-state index contributed by atoms with van der Waals surface area (Å²) in [7, 11) is -3.63. The van der Waals surface area contributed by atoms with Crippen LogP contribution in [0.15, 0.2) is 53.4 Å². The van der Waals surface area contributed by atoms with E-state index in [1.807, 2.05) is 24.3 Å². The molecule has 0 saturated carbocycles. The van der Waals surface area contributed by atoms with Gasteiger partial charge in [-0.25, -0.2) is 8.42 Å². The van der Waals surface area contributed by atoms with E-state index in [1.54, 1.807) is 0 Å². The van der Waals surface area contributed by atoms with Crippen LogP contribution in [-0.4, -0.2) is 25.2 Å². The van der Waals surface area contributed by atoms with E-state index in [1.165, 1.54) is 34.1 Å². The molecule has 0 aliphatic carbocycles. The Kier molecular flexibility index (Phi) is 3.72. The number of carboxylic acid groups (broad SMARTS) is 1. The summed E-state index contributed by atoms with van der Waals surface area (Å²) in [5.74, 6) is -1.32. The maximum atomic E-state index is 12.6. The lowest BCUT2D eigenvalue weighted by atomic mass is 10.0. The Bertz CT molecular complexity index is 812. The zero-order valence-electron chi connectivity index (χ0n) is 11.7. The van der Waals surface area contributed by atoms with Gasteiger partial charge in [0.1, 0.15) is 0 Å². The van der Waals surface area contributed by atoms with Crippen LogP contribution in [0.3, 0.4) is 0 Å². The Labute approximate surface area is 128 Å². The first-order chi connectivity index (χ1) is 10.5. The zero-order valence-corrected chi connectivity index (χ0v) is 12.5. The first kappa shape index (κ1) is 14.7. The van der Waals surface area contributed by atoms with Crippen molar-refractivity contribution in [3.8, 4) is 0 Å². The third-order valence-corrected chi connectivity index (χ3v) is 5.68. The minimum absolute atomic E-state index is 0.0389. The molecule has 0 bridgehead atoms. The number of carbonyl (C=O) groups is 1. The van der Waals surface area contributed by atoms with Crippen molar-refractivity contribution in [2.75, 3.05) is 6.54 Å². The van der Waals surface area contributed by atoms with Crippen molar-refractivity contribution < 1.29 is 18.3 Å². The van der Waals surface area contributed by atoms with E-state index >= 15 is 0 Å². The van der Waals surface area contributed by atoms with Gasteiger partial charge in [-0.15, -0.1) is 0 Å². The topological polar surface area (TPSA) is 77.5 Å². The van der Waals surface area contributed by atoms with Gasteiger partial charge in [-0.05, 0) is 35.2 Å². The number of hydrogen-bond donors (Lipinski definition) is 0. The number of rotatable bonds is 3. The number of fused-ring (bicyclic) bond motifs is 1. The SMILES string of the molecule is O=C([O-])c1ccc(S(=O)(=O)N2CCc3ccccc3C2)cc1. The molecule has 0 fully saturated rings. The van der Waals surface area contributed by atoms with Gasteiger partial charge in [0.15, 0.2) is 0 Å². The molecule has 2 aromatic carbocycles. The van der Waals surface area contributed by atoms with Gasteiger partial charge in [0.25, 0.3) is 0 Å². The second-order valence-electron chi connectivity index (χ2n) is 5.17. The molecule has 1 aliphatic heterocycles. The van der Waals surface area contributed by atoms with Crippen molar-refractivity contribution in [1.29, 1.82) is 0 Å². The maximum Gasteiger partial charge on any atom is 0.243 e. The first-order valence-corrected chi connectivity index (χ1v) is 8.31. The van der Waals surface area contributed by atoms with Gasteiger partial charge in [-0.3, -0.25) is 0 Å². The molecule has 1 heterocycles. The summed E-state index contributed by atoms with van der Waals surface area (Å²) in [6, 6.07) is 12.9. The van der Waals surface area contributed by atoms with Gasteiger partial charge in [-0.1, -0.05) is 36.4 Å².